The highest BCUT2D eigenvalue weighted by atomic mass is 35.5. The van der Waals surface area contributed by atoms with E-state index in [9.17, 15) is 9.59 Å². The number of anilines is 2. The number of carbonyl (C=O) groups excluding carboxylic acids is 2. The number of benzene rings is 1. The second kappa shape index (κ2) is 9.60. The Morgan fingerprint density at radius 1 is 1.20 bits per heavy atom. The van der Waals surface area contributed by atoms with Crippen LogP contribution in [0.2, 0.25) is 0 Å². The lowest BCUT2D eigenvalue weighted by Gasteiger charge is -2.35. The number of carbonyl (C=O) groups is 2. The number of rotatable bonds is 6. The predicted octanol–water partition coefficient (Wildman–Crippen LogP) is 2.03. The third kappa shape index (κ3) is 5.32. The monoisotopic (exact) mass is 371 g/mol. The molecule has 7 nitrogen and oxygen atoms in total. The number of nitrogens with one attached hydrogen (secondary N) is 3. The Bertz CT molecular complexity index is 598. The maximum Gasteiger partial charge on any atom is 0.233 e. The second-order valence-corrected chi connectivity index (χ2v) is 6.01. The summed E-state index contributed by atoms with van der Waals surface area (Å²) in [6, 6.07) is 5.15. The van der Waals surface area contributed by atoms with Crippen LogP contribution in [0.5, 0.6) is 5.75 Å². The number of piperidine rings is 1. The van der Waals surface area contributed by atoms with Gasteiger partial charge in [0, 0.05) is 25.8 Å². The van der Waals surface area contributed by atoms with Gasteiger partial charge in [-0.1, -0.05) is 0 Å². The molecule has 1 aromatic rings. The smallest absolute Gasteiger partial charge is 0.233 e. The van der Waals surface area contributed by atoms with Crippen LogP contribution in [0.4, 0.5) is 11.4 Å². The van der Waals surface area contributed by atoms with Crippen molar-refractivity contribution in [2.45, 2.75) is 19.8 Å². The Balaban J connectivity index is 0.00000312. The number of hydrogen-bond acceptors (Lipinski definition) is 5. The Morgan fingerprint density at radius 3 is 2.44 bits per heavy atom. The van der Waals surface area contributed by atoms with E-state index in [1.54, 1.807) is 25.3 Å². The minimum Gasteiger partial charge on any atom is -0.494 e. The SMILES string of the molecule is COCC1(C(=O)Nc2ccc(NC(C)=O)c(OC)c2)CCNCC1.Cl. The van der Waals surface area contributed by atoms with Crippen molar-refractivity contribution in [1.29, 1.82) is 0 Å². The molecule has 0 bridgehead atoms. The zero-order valence-electron chi connectivity index (χ0n) is 14.8. The molecule has 0 aliphatic carbocycles. The third-order valence-corrected chi connectivity index (χ3v) is 4.23. The average Bonchev–Trinajstić information content (AvgIpc) is 2.56. The molecular formula is C17H26ClN3O4. The fourth-order valence-corrected chi connectivity index (χ4v) is 2.94. The average molecular weight is 372 g/mol. The normalized spacial score (nSPS) is 15.6. The fourth-order valence-electron chi connectivity index (χ4n) is 2.94. The van der Waals surface area contributed by atoms with Gasteiger partial charge in [0.2, 0.25) is 11.8 Å². The van der Waals surface area contributed by atoms with Gasteiger partial charge in [0.25, 0.3) is 0 Å². The first-order valence-electron chi connectivity index (χ1n) is 7.97. The van der Waals surface area contributed by atoms with Crippen LogP contribution in [0.3, 0.4) is 0 Å². The molecule has 1 aliphatic heterocycles. The minimum absolute atomic E-state index is 0. The van der Waals surface area contributed by atoms with Gasteiger partial charge in [0.05, 0.1) is 24.8 Å². The molecule has 1 saturated heterocycles. The molecular weight excluding hydrogens is 346 g/mol. The summed E-state index contributed by atoms with van der Waals surface area (Å²) >= 11 is 0. The summed E-state index contributed by atoms with van der Waals surface area (Å²) in [5.74, 6) is 0.258. The van der Waals surface area contributed by atoms with Gasteiger partial charge in [-0.25, -0.2) is 0 Å². The van der Waals surface area contributed by atoms with Crippen LogP contribution in [0, 0.1) is 5.41 Å². The number of ether oxygens (including phenoxy) is 2. The zero-order chi connectivity index (χ0) is 17.6. The molecule has 140 valence electrons. The van der Waals surface area contributed by atoms with Crippen LogP contribution in [0.1, 0.15) is 19.8 Å². The molecule has 1 aromatic carbocycles. The van der Waals surface area contributed by atoms with Gasteiger partial charge in [0.1, 0.15) is 5.75 Å². The lowest BCUT2D eigenvalue weighted by Crippen LogP contribution is -2.47. The molecule has 0 atom stereocenters. The maximum atomic E-state index is 12.8. The van der Waals surface area contributed by atoms with E-state index < -0.39 is 5.41 Å². The Kier molecular flexibility index (Phi) is 8.15. The van der Waals surface area contributed by atoms with Crippen molar-refractivity contribution in [2.24, 2.45) is 5.41 Å². The van der Waals surface area contributed by atoms with Crippen LogP contribution >= 0.6 is 12.4 Å². The van der Waals surface area contributed by atoms with E-state index in [0.29, 0.717) is 23.7 Å². The van der Waals surface area contributed by atoms with E-state index in [1.807, 2.05) is 0 Å². The molecule has 1 fully saturated rings. The largest absolute Gasteiger partial charge is 0.494 e. The summed E-state index contributed by atoms with van der Waals surface area (Å²) in [6.07, 6.45) is 1.46. The van der Waals surface area contributed by atoms with Crippen molar-refractivity contribution >= 4 is 35.6 Å². The molecule has 0 aromatic heterocycles. The summed E-state index contributed by atoms with van der Waals surface area (Å²) in [5.41, 5.74) is 0.667. The zero-order valence-corrected chi connectivity index (χ0v) is 15.6. The number of hydrogen-bond donors (Lipinski definition) is 3. The summed E-state index contributed by atoms with van der Waals surface area (Å²) in [6.45, 7) is 3.41. The van der Waals surface area contributed by atoms with Crippen molar-refractivity contribution in [3.63, 3.8) is 0 Å². The molecule has 2 rings (SSSR count). The van der Waals surface area contributed by atoms with E-state index in [-0.39, 0.29) is 24.2 Å². The van der Waals surface area contributed by atoms with Crippen molar-refractivity contribution in [2.75, 3.05) is 44.5 Å². The van der Waals surface area contributed by atoms with Crippen molar-refractivity contribution in [3.05, 3.63) is 18.2 Å². The van der Waals surface area contributed by atoms with Crippen LogP contribution in [0.15, 0.2) is 18.2 Å². The Labute approximate surface area is 154 Å². The van der Waals surface area contributed by atoms with Gasteiger partial charge in [-0.05, 0) is 38.1 Å². The first-order valence-corrected chi connectivity index (χ1v) is 7.97. The summed E-state index contributed by atoms with van der Waals surface area (Å²) in [7, 11) is 3.13. The lowest BCUT2D eigenvalue weighted by molar-refractivity contribution is -0.130. The molecule has 1 aliphatic rings. The molecule has 25 heavy (non-hydrogen) atoms. The van der Waals surface area contributed by atoms with Gasteiger partial charge in [-0.3, -0.25) is 9.59 Å². The standard InChI is InChI=1S/C17H25N3O4.ClH/c1-12(21)19-14-5-4-13(10-15(14)24-3)20-16(22)17(11-23-2)6-8-18-9-7-17;/h4-5,10,18H,6-9,11H2,1-3H3,(H,19,21)(H,20,22);1H. The third-order valence-electron chi connectivity index (χ3n) is 4.23. The fraction of sp³-hybridized carbons (Fsp3) is 0.529. The van der Waals surface area contributed by atoms with Crippen LogP contribution < -0.4 is 20.7 Å². The van der Waals surface area contributed by atoms with E-state index in [1.165, 1.54) is 14.0 Å². The number of methoxy groups -OCH3 is 2. The van der Waals surface area contributed by atoms with Crippen LogP contribution in [-0.4, -0.2) is 45.7 Å². The van der Waals surface area contributed by atoms with Gasteiger partial charge >= 0.3 is 0 Å². The Morgan fingerprint density at radius 2 is 1.88 bits per heavy atom. The van der Waals surface area contributed by atoms with Crippen LogP contribution in [-0.2, 0) is 14.3 Å². The quantitative estimate of drug-likeness (QED) is 0.712. The van der Waals surface area contributed by atoms with Crippen molar-refractivity contribution in [1.82, 2.24) is 5.32 Å². The Hall–Kier alpha value is -1.83. The highest BCUT2D eigenvalue weighted by molar-refractivity contribution is 5.97. The van der Waals surface area contributed by atoms with E-state index in [4.69, 9.17) is 9.47 Å². The molecule has 0 unspecified atom stereocenters. The summed E-state index contributed by atoms with van der Waals surface area (Å²) < 4.78 is 10.6. The van der Waals surface area contributed by atoms with E-state index in [0.717, 1.165) is 25.9 Å². The summed E-state index contributed by atoms with van der Waals surface area (Å²) in [4.78, 5) is 24.0. The molecule has 8 heteroatoms. The number of halogens is 1. The highest BCUT2D eigenvalue weighted by Gasteiger charge is 2.39. The second-order valence-electron chi connectivity index (χ2n) is 6.01. The number of amides is 2. The molecule has 0 radical (unpaired) electrons. The van der Waals surface area contributed by atoms with Crippen molar-refractivity contribution in [3.8, 4) is 5.75 Å². The van der Waals surface area contributed by atoms with Gasteiger partial charge in [-0.15, -0.1) is 12.4 Å². The first-order chi connectivity index (χ1) is 11.5. The van der Waals surface area contributed by atoms with Gasteiger partial charge < -0.3 is 25.4 Å². The first kappa shape index (κ1) is 21.2. The lowest BCUT2D eigenvalue weighted by atomic mass is 9.78. The molecule has 1 heterocycles. The minimum atomic E-state index is -0.524. The molecule has 3 N–H and O–H groups in total. The van der Waals surface area contributed by atoms with Gasteiger partial charge in [-0.2, -0.15) is 0 Å². The predicted molar refractivity (Wildman–Crippen MR) is 99.6 cm³/mol. The van der Waals surface area contributed by atoms with Crippen molar-refractivity contribution < 1.29 is 19.1 Å². The van der Waals surface area contributed by atoms with E-state index in [2.05, 4.69) is 16.0 Å². The molecule has 0 spiro atoms. The van der Waals surface area contributed by atoms with E-state index >= 15 is 0 Å². The summed E-state index contributed by atoms with van der Waals surface area (Å²) in [5, 5.41) is 8.91. The highest BCUT2D eigenvalue weighted by Crippen LogP contribution is 2.33. The molecule has 0 saturated carbocycles. The van der Waals surface area contributed by atoms with Crippen LogP contribution in [0.25, 0.3) is 0 Å². The topological polar surface area (TPSA) is 88.7 Å². The van der Waals surface area contributed by atoms with Gasteiger partial charge in [0.15, 0.2) is 0 Å². The molecule has 2 amide bonds. The maximum absolute atomic E-state index is 12.8.